The maximum atomic E-state index is 11.0. The Morgan fingerprint density at radius 1 is 1.20 bits per heavy atom. The lowest BCUT2D eigenvalue weighted by Crippen LogP contribution is -2.25. The Hall–Kier alpha value is -1.11. The third-order valence-corrected chi connectivity index (χ3v) is 2.37. The number of hydrogen-bond acceptors (Lipinski definition) is 4. The summed E-state index contributed by atoms with van der Waals surface area (Å²) in [5, 5.41) is 10.4. The highest BCUT2D eigenvalue weighted by atomic mass is 127. The van der Waals surface area contributed by atoms with Crippen molar-refractivity contribution in [1.82, 2.24) is 0 Å². The third-order valence-electron chi connectivity index (χ3n) is 1.87. The number of benzene rings is 1. The van der Waals surface area contributed by atoms with Crippen LogP contribution >= 0.6 is 23.0 Å². The van der Waals surface area contributed by atoms with Gasteiger partial charge in [0.05, 0.1) is 6.42 Å². The first-order valence-corrected chi connectivity index (χ1v) is 5.09. The fourth-order valence-electron chi connectivity index (χ4n) is 1.24. The van der Waals surface area contributed by atoms with Crippen LogP contribution in [-0.4, -0.2) is 11.9 Å². The number of carbonyl (C=O) groups excluding carboxylic acids is 2. The summed E-state index contributed by atoms with van der Waals surface area (Å²) in [7, 11) is 0. The fraction of sp³-hybridized carbons (Fsp3) is 0.200. The minimum absolute atomic E-state index is 0.0758. The molecule has 0 unspecified atom stereocenters. The molecule has 5 heteroatoms. The number of hydrogen-bond donors (Lipinski definition) is 0. The number of carboxylic acids is 1. The van der Waals surface area contributed by atoms with Crippen LogP contribution in [-0.2, 0) is 25.5 Å². The van der Waals surface area contributed by atoms with Crippen LogP contribution in [0.2, 0.25) is 0 Å². The highest BCUT2D eigenvalue weighted by Gasteiger charge is 2.07. The lowest BCUT2D eigenvalue weighted by molar-refractivity contribution is -0.304. The van der Waals surface area contributed by atoms with Gasteiger partial charge < -0.3 is 13.0 Å². The van der Waals surface area contributed by atoms with Crippen molar-refractivity contribution in [3.05, 3.63) is 35.4 Å². The molecule has 0 saturated heterocycles. The molecular formula is C10H8IO4-. The van der Waals surface area contributed by atoms with Gasteiger partial charge in [0, 0.05) is 12.4 Å². The number of rotatable bonds is 4. The van der Waals surface area contributed by atoms with Gasteiger partial charge in [-0.1, -0.05) is 24.3 Å². The number of carboxylic acid groups (broad SMARTS) is 1. The lowest BCUT2D eigenvalue weighted by Gasteiger charge is -2.08. The second-order valence-electron chi connectivity index (χ2n) is 2.94. The molecule has 0 heterocycles. The van der Waals surface area contributed by atoms with E-state index in [0.717, 1.165) is 0 Å². The van der Waals surface area contributed by atoms with Gasteiger partial charge in [-0.2, -0.15) is 0 Å². The molecule has 0 bridgehead atoms. The van der Waals surface area contributed by atoms with Crippen LogP contribution in [0.15, 0.2) is 24.3 Å². The molecule has 1 rings (SSSR count). The van der Waals surface area contributed by atoms with Gasteiger partial charge in [-0.25, -0.2) is 0 Å². The Morgan fingerprint density at radius 3 is 2.20 bits per heavy atom. The second-order valence-corrected chi connectivity index (χ2v) is 3.38. The lowest BCUT2D eigenvalue weighted by atomic mass is 10.0. The van der Waals surface area contributed by atoms with Crippen LogP contribution in [0.5, 0.6) is 0 Å². The van der Waals surface area contributed by atoms with Gasteiger partial charge >= 0.3 is 5.97 Å². The van der Waals surface area contributed by atoms with E-state index in [1.54, 1.807) is 24.3 Å². The Bertz CT molecular complexity index is 375. The van der Waals surface area contributed by atoms with Gasteiger partial charge in [0.2, 0.25) is 0 Å². The van der Waals surface area contributed by atoms with E-state index in [-0.39, 0.29) is 12.8 Å². The van der Waals surface area contributed by atoms with E-state index in [2.05, 4.69) is 3.07 Å². The molecule has 0 radical (unpaired) electrons. The van der Waals surface area contributed by atoms with E-state index in [0.29, 0.717) is 11.1 Å². The van der Waals surface area contributed by atoms with E-state index in [9.17, 15) is 14.7 Å². The van der Waals surface area contributed by atoms with Crippen molar-refractivity contribution >= 4 is 34.9 Å². The Morgan fingerprint density at radius 2 is 1.73 bits per heavy atom. The quantitative estimate of drug-likeness (QED) is 0.754. The van der Waals surface area contributed by atoms with Crippen LogP contribution in [0, 0.1) is 0 Å². The third kappa shape index (κ3) is 3.86. The fourth-order valence-corrected chi connectivity index (χ4v) is 1.40. The zero-order valence-electron chi connectivity index (χ0n) is 7.73. The molecule has 0 spiro atoms. The minimum Gasteiger partial charge on any atom is -0.550 e. The molecular weight excluding hydrogens is 311 g/mol. The van der Waals surface area contributed by atoms with Gasteiger partial charge in [-0.15, -0.1) is 0 Å². The monoisotopic (exact) mass is 319 g/mol. The van der Waals surface area contributed by atoms with Gasteiger partial charge in [0.1, 0.15) is 0 Å². The molecule has 0 N–H and O–H groups in total. The van der Waals surface area contributed by atoms with Crippen molar-refractivity contribution in [3.8, 4) is 0 Å². The van der Waals surface area contributed by atoms with Gasteiger partial charge in [0.25, 0.3) is 0 Å². The van der Waals surface area contributed by atoms with Crippen LogP contribution in [0.4, 0.5) is 0 Å². The van der Waals surface area contributed by atoms with Crippen LogP contribution in [0.3, 0.4) is 0 Å². The van der Waals surface area contributed by atoms with Crippen LogP contribution < -0.4 is 5.11 Å². The SMILES string of the molecule is O=C([O-])Cc1ccccc1CC(=O)OI. The van der Waals surface area contributed by atoms with E-state index in [4.69, 9.17) is 0 Å². The summed E-state index contributed by atoms with van der Waals surface area (Å²) in [6, 6.07) is 6.82. The molecule has 0 saturated carbocycles. The molecule has 0 aliphatic heterocycles. The first kappa shape index (κ1) is 12.0. The number of aliphatic carboxylic acids is 1. The smallest absolute Gasteiger partial charge is 0.319 e. The Balaban J connectivity index is 2.85. The van der Waals surface area contributed by atoms with E-state index in [1.165, 1.54) is 23.0 Å². The molecule has 80 valence electrons. The maximum Gasteiger partial charge on any atom is 0.319 e. The molecule has 0 aromatic heterocycles. The van der Waals surface area contributed by atoms with Crippen molar-refractivity contribution in [2.45, 2.75) is 12.8 Å². The number of carbonyl (C=O) groups is 2. The molecule has 1 aromatic carbocycles. The van der Waals surface area contributed by atoms with Crippen molar-refractivity contribution < 1.29 is 17.8 Å². The van der Waals surface area contributed by atoms with Crippen LogP contribution in [0.25, 0.3) is 0 Å². The minimum atomic E-state index is -1.16. The standard InChI is InChI=1S/C10H9IO4/c11-15-10(14)6-8-4-2-1-3-7(8)5-9(12)13/h1-4H,5-6H2,(H,12,13)/p-1. The number of halogens is 1. The zero-order chi connectivity index (χ0) is 11.3. The summed E-state index contributed by atoms with van der Waals surface area (Å²) < 4.78 is 4.48. The Kier molecular flexibility index (Phi) is 4.54. The van der Waals surface area contributed by atoms with Gasteiger partial charge in [-0.3, -0.25) is 4.79 Å². The highest BCUT2D eigenvalue weighted by Crippen LogP contribution is 2.11. The first-order chi connectivity index (χ1) is 7.13. The predicted octanol–water partition coefficient (Wildman–Crippen LogP) is 0.415. The zero-order valence-corrected chi connectivity index (χ0v) is 9.89. The van der Waals surface area contributed by atoms with Crippen molar-refractivity contribution in [2.75, 3.05) is 0 Å². The molecule has 15 heavy (non-hydrogen) atoms. The van der Waals surface area contributed by atoms with E-state index < -0.39 is 11.9 Å². The van der Waals surface area contributed by atoms with Crippen LogP contribution in [0.1, 0.15) is 11.1 Å². The molecule has 4 nitrogen and oxygen atoms in total. The Labute approximate surface area is 101 Å². The molecule has 0 atom stereocenters. The summed E-state index contributed by atoms with van der Waals surface area (Å²) in [6.07, 6.45) is -0.114. The average Bonchev–Trinajstić information content (AvgIpc) is 2.20. The van der Waals surface area contributed by atoms with Crippen molar-refractivity contribution in [2.24, 2.45) is 0 Å². The van der Waals surface area contributed by atoms with E-state index in [1.807, 2.05) is 0 Å². The summed E-state index contributed by atoms with van der Waals surface area (Å²) >= 11 is 1.50. The average molecular weight is 319 g/mol. The summed E-state index contributed by atoms with van der Waals surface area (Å²) in [5.41, 5.74) is 1.24. The van der Waals surface area contributed by atoms with Gasteiger partial charge in [-0.05, 0) is 11.1 Å². The topological polar surface area (TPSA) is 66.4 Å². The molecule has 0 amide bonds. The van der Waals surface area contributed by atoms with Gasteiger partial charge in [0.15, 0.2) is 23.0 Å². The van der Waals surface area contributed by atoms with E-state index >= 15 is 0 Å². The largest absolute Gasteiger partial charge is 0.550 e. The van der Waals surface area contributed by atoms with Crippen molar-refractivity contribution in [3.63, 3.8) is 0 Å². The molecule has 0 aliphatic rings. The van der Waals surface area contributed by atoms with Crippen molar-refractivity contribution in [1.29, 1.82) is 0 Å². The normalized spacial score (nSPS) is 9.67. The maximum absolute atomic E-state index is 11.0. The molecule has 0 fully saturated rings. The summed E-state index contributed by atoms with van der Waals surface area (Å²) in [4.78, 5) is 21.5. The predicted molar refractivity (Wildman–Crippen MR) is 59.0 cm³/mol. The molecule has 1 aromatic rings. The molecule has 0 aliphatic carbocycles. The summed E-state index contributed by atoms with van der Waals surface area (Å²) in [5.74, 6) is -1.56. The summed E-state index contributed by atoms with van der Waals surface area (Å²) in [6.45, 7) is 0. The highest BCUT2D eigenvalue weighted by molar-refractivity contribution is 14.1. The first-order valence-electron chi connectivity index (χ1n) is 4.21. The second kappa shape index (κ2) is 5.69.